The van der Waals surface area contributed by atoms with Crippen molar-refractivity contribution >= 4 is 21.9 Å². The van der Waals surface area contributed by atoms with E-state index < -0.39 is 0 Å². The first kappa shape index (κ1) is 28.0. The second-order valence-corrected chi connectivity index (χ2v) is 11.6. The molecule has 10 heteroatoms. The molecule has 1 aliphatic carbocycles. The maximum atomic E-state index is 14.7. The fourth-order valence-corrected chi connectivity index (χ4v) is 5.83. The Hall–Kier alpha value is -4.83. The van der Waals surface area contributed by atoms with Crippen LogP contribution in [0.2, 0.25) is 0 Å². The molecule has 5 aromatic heterocycles. The summed E-state index contributed by atoms with van der Waals surface area (Å²) in [5.74, 6) is 0.897. The Balaban J connectivity index is 1.21. The van der Waals surface area contributed by atoms with Gasteiger partial charge >= 0.3 is 0 Å². The summed E-state index contributed by atoms with van der Waals surface area (Å²) >= 11 is 0. The highest BCUT2D eigenvalue weighted by atomic mass is 19.1. The van der Waals surface area contributed by atoms with Crippen molar-refractivity contribution in [1.82, 2.24) is 35.0 Å². The first-order chi connectivity index (χ1) is 21.5. The van der Waals surface area contributed by atoms with Crippen LogP contribution in [0.25, 0.3) is 55.7 Å². The zero-order valence-corrected chi connectivity index (χ0v) is 24.8. The molecule has 0 atom stereocenters. The number of rotatable bonds is 9. The number of nitrogens with zero attached hydrogens (tertiary/aromatic N) is 5. The normalized spacial score (nSPS) is 14.1. The first-order valence-electron chi connectivity index (χ1n) is 15.0. The molecule has 0 aliphatic heterocycles. The van der Waals surface area contributed by atoms with Gasteiger partial charge in [-0.05, 0) is 87.3 Å². The quantitative estimate of drug-likeness (QED) is 0.186. The van der Waals surface area contributed by atoms with Gasteiger partial charge in [-0.2, -0.15) is 5.10 Å². The van der Waals surface area contributed by atoms with E-state index in [1.165, 1.54) is 31.4 Å². The van der Waals surface area contributed by atoms with Gasteiger partial charge in [0, 0.05) is 41.3 Å². The third-order valence-corrected chi connectivity index (χ3v) is 8.09. The molecule has 5 heterocycles. The molecule has 0 radical (unpaired) electrons. The standard InChI is InChI=1S/C34H34FN7O2/c1-42(2)10-11-43-25-13-21(12-23(35)15-25)27-8-9-37-34-28(27)16-31(39-34)33-29-17-30(38-20-32(29)40-41-33)22-14-26(19-36-18-22)44-24-6-4-3-5-7-24/h8-9,12-20,24H,3-7,10-11H2,1-2H3,(H,37,39)(H,40,41). The van der Waals surface area contributed by atoms with Crippen molar-refractivity contribution in [1.29, 1.82) is 0 Å². The van der Waals surface area contributed by atoms with Crippen LogP contribution in [-0.4, -0.2) is 68.4 Å². The molecule has 1 saturated carbocycles. The summed E-state index contributed by atoms with van der Waals surface area (Å²) in [4.78, 5) is 19.1. The van der Waals surface area contributed by atoms with Crippen molar-refractivity contribution in [3.63, 3.8) is 0 Å². The van der Waals surface area contributed by atoms with Crippen molar-refractivity contribution in [2.45, 2.75) is 38.2 Å². The molecule has 0 saturated heterocycles. The second-order valence-electron chi connectivity index (χ2n) is 11.6. The van der Waals surface area contributed by atoms with Gasteiger partial charge in [0.25, 0.3) is 0 Å². The molecule has 0 spiro atoms. The van der Waals surface area contributed by atoms with E-state index in [0.717, 1.165) is 69.6 Å². The van der Waals surface area contributed by atoms with Crippen molar-refractivity contribution in [3.8, 4) is 45.3 Å². The number of benzene rings is 1. The van der Waals surface area contributed by atoms with E-state index in [2.05, 4.69) is 30.1 Å². The fourth-order valence-electron chi connectivity index (χ4n) is 5.83. The molecule has 0 amide bonds. The minimum absolute atomic E-state index is 0.242. The average molecular weight is 592 g/mol. The smallest absolute Gasteiger partial charge is 0.138 e. The molecule has 9 nitrogen and oxygen atoms in total. The summed E-state index contributed by atoms with van der Waals surface area (Å²) in [6.07, 6.45) is 13.2. The van der Waals surface area contributed by atoms with Crippen LogP contribution in [0, 0.1) is 5.82 Å². The molecule has 2 N–H and O–H groups in total. The average Bonchev–Trinajstić information content (AvgIpc) is 3.65. The first-order valence-corrected chi connectivity index (χ1v) is 15.0. The molecular formula is C34H34FN7O2. The Morgan fingerprint density at radius 2 is 1.77 bits per heavy atom. The topological polar surface area (TPSA) is 105 Å². The molecule has 224 valence electrons. The Bertz CT molecular complexity index is 1930. The van der Waals surface area contributed by atoms with Gasteiger partial charge < -0.3 is 19.4 Å². The maximum absolute atomic E-state index is 14.7. The number of hydrogen-bond acceptors (Lipinski definition) is 7. The predicted octanol–water partition coefficient (Wildman–Crippen LogP) is 7.02. The molecule has 1 aliphatic rings. The van der Waals surface area contributed by atoms with Crippen LogP contribution < -0.4 is 9.47 Å². The molecule has 1 fully saturated rings. The fraction of sp³-hybridized carbons (Fsp3) is 0.294. The van der Waals surface area contributed by atoms with Crippen LogP contribution in [0.4, 0.5) is 4.39 Å². The molecule has 7 rings (SSSR count). The lowest BCUT2D eigenvalue weighted by molar-refractivity contribution is 0.154. The third kappa shape index (κ3) is 5.85. The van der Waals surface area contributed by atoms with E-state index in [1.807, 2.05) is 49.3 Å². The highest BCUT2D eigenvalue weighted by molar-refractivity contribution is 6.00. The zero-order valence-electron chi connectivity index (χ0n) is 24.8. The van der Waals surface area contributed by atoms with Gasteiger partial charge in [-0.25, -0.2) is 9.37 Å². The number of hydrogen-bond donors (Lipinski definition) is 2. The molecular weight excluding hydrogens is 557 g/mol. The van der Waals surface area contributed by atoms with Crippen LogP contribution in [-0.2, 0) is 0 Å². The van der Waals surface area contributed by atoms with E-state index in [4.69, 9.17) is 9.47 Å². The maximum Gasteiger partial charge on any atom is 0.138 e. The zero-order chi connectivity index (χ0) is 30.0. The lowest BCUT2D eigenvalue weighted by Crippen LogP contribution is -2.19. The van der Waals surface area contributed by atoms with Gasteiger partial charge in [-0.3, -0.25) is 15.1 Å². The molecule has 1 aromatic carbocycles. The molecule has 44 heavy (non-hydrogen) atoms. The number of pyridine rings is 3. The number of nitrogens with one attached hydrogen (secondary N) is 2. The summed E-state index contributed by atoms with van der Waals surface area (Å²) in [5, 5.41) is 9.48. The van der Waals surface area contributed by atoms with Gasteiger partial charge in [0.15, 0.2) is 0 Å². The van der Waals surface area contributed by atoms with E-state index in [-0.39, 0.29) is 11.9 Å². The number of H-pyrrole nitrogens is 2. The predicted molar refractivity (Wildman–Crippen MR) is 169 cm³/mol. The Morgan fingerprint density at radius 3 is 2.64 bits per heavy atom. The van der Waals surface area contributed by atoms with Gasteiger partial charge in [-0.1, -0.05) is 6.42 Å². The van der Waals surface area contributed by atoms with Gasteiger partial charge in [0.2, 0.25) is 0 Å². The van der Waals surface area contributed by atoms with Crippen LogP contribution in [0.1, 0.15) is 32.1 Å². The largest absolute Gasteiger partial charge is 0.492 e. The summed E-state index contributed by atoms with van der Waals surface area (Å²) in [5.41, 5.74) is 6.22. The lowest BCUT2D eigenvalue weighted by Gasteiger charge is -2.22. The van der Waals surface area contributed by atoms with Crippen LogP contribution >= 0.6 is 0 Å². The number of aromatic nitrogens is 6. The highest BCUT2D eigenvalue weighted by Gasteiger charge is 2.18. The summed E-state index contributed by atoms with van der Waals surface area (Å²) in [6.45, 7) is 1.20. The number of aromatic amines is 2. The van der Waals surface area contributed by atoms with E-state index >= 15 is 0 Å². The number of likely N-dealkylation sites (N-methyl/N-ethyl adjacent to an activating group) is 1. The number of fused-ring (bicyclic) bond motifs is 2. The lowest BCUT2D eigenvalue weighted by atomic mass is 9.98. The van der Waals surface area contributed by atoms with Crippen molar-refractivity contribution in [3.05, 3.63) is 73.1 Å². The van der Waals surface area contributed by atoms with E-state index in [0.29, 0.717) is 23.6 Å². The molecule has 0 bridgehead atoms. The van der Waals surface area contributed by atoms with Crippen molar-refractivity contribution < 1.29 is 13.9 Å². The summed E-state index contributed by atoms with van der Waals surface area (Å²) < 4.78 is 26.8. The monoisotopic (exact) mass is 591 g/mol. The van der Waals surface area contributed by atoms with E-state index in [1.54, 1.807) is 24.8 Å². The SMILES string of the molecule is CN(C)CCOc1cc(F)cc(-c2ccnc3[nH]c(-c4n[nH]c5cnc(-c6cncc(OC7CCCCC7)c6)cc45)cc23)c1. The Kier molecular flexibility index (Phi) is 7.66. The molecule has 0 unspecified atom stereocenters. The van der Waals surface area contributed by atoms with Crippen molar-refractivity contribution in [2.75, 3.05) is 27.2 Å². The minimum atomic E-state index is -0.357. The third-order valence-electron chi connectivity index (χ3n) is 8.09. The van der Waals surface area contributed by atoms with Crippen LogP contribution in [0.5, 0.6) is 11.5 Å². The minimum Gasteiger partial charge on any atom is -0.492 e. The summed E-state index contributed by atoms with van der Waals surface area (Å²) in [6, 6.07) is 12.7. The Labute approximate surface area is 254 Å². The number of halogens is 1. The molecule has 6 aromatic rings. The number of ether oxygens (including phenoxy) is 2. The van der Waals surface area contributed by atoms with Gasteiger partial charge in [0.05, 0.1) is 35.4 Å². The van der Waals surface area contributed by atoms with Crippen molar-refractivity contribution in [2.24, 2.45) is 0 Å². The van der Waals surface area contributed by atoms with Crippen LogP contribution in [0.15, 0.2) is 67.3 Å². The van der Waals surface area contributed by atoms with Crippen LogP contribution in [0.3, 0.4) is 0 Å². The Morgan fingerprint density at radius 1 is 0.909 bits per heavy atom. The second kappa shape index (κ2) is 12.0. The van der Waals surface area contributed by atoms with Gasteiger partial charge in [-0.15, -0.1) is 0 Å². The highest BCUT2D eigenvalue weighted by Crippen LogP contribution is 2.36. The summed E-state index contributed by atoms with van der Waals surface area (Å²) in [7, 11) is 3.94. The van der Waals surface area contributed by atoms with Gasteiger partial charge in [0.1, 0.15) is 35.3 Å². The van der Waals surface area contributed by atoms with E-state index in [9.17, 15) is 4.39 Å².